The lowest BCUT2D eigenvalue weighted by Gasteiger charge is -2.23. The van der Waals surface area contributed by atoms with Crippen molar-refractivity contribution in [3.63, 3.8) is 0 Å². The van der Waals surface area contributed by atoms with Gasteiger partial charge in [0.25, 0.3) is 5.91 Å². The standard InChI is InChI=1S/C13H22N2O4/c1-9(19-8-11-4-2-3-7-18-11)12(16)14-15-13(17)10-5-6-10/h9-11H,2-8H2,1H3,(H,14,16)(H,15,17). The van der Waals surface area contributed by atoms with Crippen LogP contribution in [-0.2, 0) is 19.1 Å². The van der Waals surface area contributed by atoms with Crippen LogP contribution in [0.4, 0.5) is 0 Å². The first-order valence-corrected chi connectivity index (χ1v) is 6.99. The lowest BCUT2D eigenvalue weighted by atomic mass is 10.1. The van der Waals surface area contributed by atoms with Crippen LogP contribution in [0.2, 0.25) is 0 Å². The molecule has 2 fully saturated rings. The maximum absolute atomic E-state index is 11.7. The van der Waals surface area contributed by atoms with E-state index >= 15 is 0 Å². The lowest BCUT2D eigenvalue weighted by molar-refractivity contribution is -0.139. The number of ether oxygens (including phenoxy) is 2. The fourth-order valence-corrected chi connectivity index (χ4v) is 1.94. The van der Waals surface area contributed by atoms with Gasteiger partial charge in [0, 0.05) is 12.5 Å². The topological polar surface area (TPSA) is 76.7 Å². The van der Waals surface area contributed by atoms with Crippen LogP contribution in [0.15, 0.2) is 0 Å². The second kappa shape index (κ2) is 6.86. The Bertz CT molecular complexity index is 325. The van der Waals surface area contributed by atoms with Gasteiger partial charge in [-0.05, 0) is 39.0 Å². The molecular weight excluding hydrogens is 248 g/mol. The van der Waals surface area contributed by atoms with Crippen LogP contribution >= 0.6 is 0 Å². The van der Waals surface area contributed by atoms with Crippen molar-refractivity contribution >= 4 is 11.8 Å². The third kappa shape index (κ3) is 4.80. The number of hydrazine groups is 1. The Balaban J connectivity index is 1.59. The monoisotopic (exact) mass is 270 g/mol. The summed E-state index contributed by atoms with van der Waals surface area (Å²) in [5.74, 6) is -0.367. The minimum absolute atomic E-state index is 0.0761. The van der Waals surface area contributed by atoms with Crippen molar-refractivity contribution in [2.45, 2.75) is 51.2 Å². The normalized spacial score (nSPS) is 24.6. The third-order valence-corrected chi connectivity index (χ3v) is 3.43. The molecule has 108 valence electrons. The fourth-order valence-electron chi connectivity index (χ4n) is 1.94. The van der Waals surface area contributed by atoms with Crippen LogP contribution in [0.3, 0.4) is 0 Å². The molecule has 1 saturated carbocycles. The van der Waals surface area contributed by atoms with Gasteiger partial charge >= 0.3 is 0 Å². The van der Waals surface area contributed by atoms with E-state index in [1.54, 1.807) is 6.92 Å². The van der Waals surface area contributed by atoms with Gasteiger partial charge in [0.1, 0.15) is 6.10 Å². The summed E-state index contributed by atoms with van der Waals surface area (Å²) < 4.78 is 11.0. The van der Waals surface area contributed by atoms with Gasteiger partial charge in [-0.3, -0.25) is 20.4 Å². The van der Waals surface area contributed by atoms with Gasteiger partial charge in [0.15, 0.2) is 0 Å². The number of carbonyl (C=O) groups is 2. The van der Waals surface area contributed by atoms with Gasteiger partial charge in [-0.1, -0.05) is 0 Å². The molecule has 2 aliphatic rings. The number of hydrogen-bond acceptors (Lipinski definition) is 4. The number of amides is 2. The molecule has 6 nitrogen and oxygen atoms in total. The average molecular weight is 270 g/mol. The molecule has 1 aliphatic carbocycles. The molecular formula is C13H22N2O4. The molecule has 0 aromatic carbocycles. The lowest BCUT2D eigenvalue weighted by Crippen LogP contribution is -2.47. The highest BCUT2D eigenvalue weighted by atomic mass is 16.5. The Kier molecular flexibility index (Phi) is 5.15. The highest BCUT2D eigenvalue weighted by Crippen LogP contribution is 2.28. The summed E-state index contributed by atoms with van der Waals surface area (Å²) in [6, 6.07) is 0. The predicted molar refractivity (Wildman–Crippen MR) is 68.0 cm³/mol. The van der Waals surface area contributed by atoms with Gasteiger partial charge in [0.2, 0.25) is 5.91 Å². The molecule has 2 amide bonds. The molecule has 6 heteroatoms. The second-order valence-electron chi connectivity index (χ2n) is 5.22. The SMILES string of the molecule is CC(OCC1CCCCO1)C(=O)NNC(=O)C1CC1. The maximum Gasteiger partial charge on any atom is 0.267 e. The van der Waals surface area contributed by atoms with Gasteiger partial charge in [-0.25, -0.2) is 0 Å². The van der Waals surface area contributed by atoms with Crippen molar-refractivity contribution in [2.75, 3.05) is 13.2 Å². The first kappa shape index (κ1) is 14.3. The first-order valence-electron chi connectivity index (χ1n) is 6.99. The molecule has 2 rings (SSSR count). The zero-order chi connectivity index (χ0) is 13.7. The molecule has 1 saturated heterocycles. The zero-order valence-electron chi connectivity index (χ0n) is 11.3. The number of carbonyl (C=O) groups excluding carboxylic acids is 2. The van der Waals surface area contributed by atoms with E-state index in [0.717, 1.165) is 38.7 Å². The van der Waals surface area contributed by atoms with Crippen molar-refractivity contribution in [1.82, 2.24) is 10.9 Å². The summed E-state index contributed by atoms with van der Waals surface area (Å²) in [6.07, 6.45) is 4.54. The zero-order valence-corrected chi connectivity index (χ0v) is 11.3. The minimum Gasteiger partial charge on any atom is -0.376 e. The van der Waals surface area contributed by atoms with E-state index in [1.807, 2.05) is 0 Å². The Morgan fingerprint density at radius 2 is 2.05 bits per heavy atom. The molecule has 1 aliphatic heterocycles. The molecule has 19 heavy (non-hydrogen) atoms. The molecule has 1 heterocycles. The van der Waals surface area contributed by atoms with Crippen molar-refractivity contribution in [2.24, 2.45) is 5.92 Å². The summed E-state index contributed by atoms with van der Waals surface area (Å²) in [6.45, 7) is 2.86. The van der Waals surface area contributed by atoms with Crippen molar-refractivity contribution < 1.29 is 19.1 Å². The van der Waals surface area contributed by atoms with Crippen molar-refractivity contribution in [3.8, 4) is 0 Å². The van der Waals surface area contributed by atoms with Crippen LogP contribution in [0.5, 0.6) is 0 Å². The molecule has 0 radical (unpaired) electrons. The smallest absolute Gasteiger partial charge is 0.267 e. The van der Waals surface area contributed by atoms with Crippen LogP contribution in [0.25, 0.3) is 0 Å². The molecule has 2 N–H and O–H groups in total. The second-order valence-corrected chi connectivity index (χ2v) is 5.22. The quantitative estimate of drug-likeness (QED) is 0.714. The van der Waals surface area contributed by atoms with Gasteiger partial charge in [-0.2, -0.15) is 0 Å². The Labute approximate surface area is 113 Å². The Morgan fingerprint density at radius 1 is 1.26 bits per heavy atom. The van der Waals surface area contributed by atoms with Crippen molar-refractivity contribution in [3.05, 3.63) is 0 Å². The van der Waals surface area contributed by atoms with Crippen LogP contribution in [0, 0.1) is 5.92 Å². The molecule has 0 aromatic rings. The molecule has 2 atom stereocenters. The van der Waals surface area contributed by atoms with E-state index in [-0.39, 0.29) is 23.8 Å². The Hall–Kier alpha value is -1.14. The van der Waals surface area contributed by atoms with Gasteiger partial charge in [0.05, 0.1) is 12.7 Å². The van der Waals surface area contributed by atoms with E-state index in [9.17, 15) is 9.59 Å². The summed E-state index contributed by atoms with van der Waals surface area (Å²) in [5, 5.41) is 0. The van der Waals surface area contributed by atoms with Gasteiger partial charge in [-0.15, -0.1) is 0 Å². The first-order chi connectivity index (χ1) is 9.16. The summed E-state index contributed by atoms with van der Waals surface area (Å²) in [5.41, 5.74) is 4.80. The van der Waals surface area contributed by atoms with E-state index in [1.165, 1.54) is 0 Å². The van der Waals surface area contributed by atoms with E-state index in [4.69, 9.17) is 9.47 Å². The molecule has 0 aromatic heterocycles. The van der Waals surface area contributed by atoms with Crippen molar-refractivity contribution in [1.29, 1.82) is 0 Å². The largest absolute Gasteiger partial charge is 0.376 e. The number of hydrogen-bond donors (Lipinski definition) is 2. The van der Waals surface area contributed by atoms with Crippen LogP contribution in [-0.4, -0.2) is 37.2 Å². The summed E-state index contributed by atoms with van der Waals surface area (Å²) in [7, 11) is 0. The fraction of sp³-hybridized carbons (Fsp3) is 0.846. The highest BCUT2D eigenvalue weighted by Gasteiger charge is 2.30. The number of nitrogens with one attached hydrogen (secondary N) is 2. The summed E-state index contributed by atoms with van der Waals surface area (Å²) >= 11 is 0. The van der Waals surface area contributed by atoms with Gasteiger partial charge < -0.3 is 9.47 Å². The summed E-state index contributed by atoms with van der Waals surface area (Å²) in [4.78, 5) is 23.0. The van der Waals surface area contributed by atoms with E-state index in [0.29, 0.717) is 6.61 Å². The van der Waals surface area contributed by atoms with E-state index < -0.39 is 6.10 Å². The van der Waals surface area contributed by atoms with Crippen LogP contribution in [0.1, 0.15) is 39.0 Å². The highest BCUT2D eigenvalue weighted by molar-refractivity contribution is 5.86. The third-order valence-electron chi connectivity index (χ3n) is 3.43. The Morgan fingerprint density at radius 3 is 2.68 bits per heavy atom. The minimum atomic E-state index is -0.593. The number of rotatable bonds is 5. The molecule has 0 bridgehead atoms. The molecule has 2 unspecified atom stereocenters. The maximum atomic E-state index is 11.7. The molecule has 0 spiro atoms. The van der Waals surface area contributed by atoms with Crippen LogP contribution < -0.4 is 10.9 Å². The average Bonchev–Trinajstić information content (AvgIpc) is 3.27. The van der Waals surface area contributed by atoms with E-state index in [2.05, 4.69) is 10.9 Å². The predicted octanol–water partition coefficient (Wildman–Crippen LogP) is 0.518.